The van der Waals surface area contributed by atoms with Gasteiger partial charge in [0.2, 0.25) is 11.8 Å². The van der Waals surface area contributed by atoms with Crippen LogP contribution in [-0.4, -0.2) is 37.5 Å². The molecule has 0 bridgehead atoms. The molecule has 1 aromatic carbocycles. The Hall–Kier alpha value is -1.30. The molecule has 2 aliphatic rings. The molecule has 2 fully saturated rings. The second-order valence-electron chi connectivity index (χ2n) is 5.58. The summed E-state index contributed by atoms with van der Waals surface area (Å²) >= 11 is 5.86. The lowest BCUT2D eigenvalue weighted by Gasteiger charge is -2.18. The van der Waals surface area contributed by atoms with Crippen molar-refractivity contribution in [1.82, 2.24) is 10.6 Å². The van der Waals surface area contributed by atoms with E-state index in [0.717, 1.165) is 25.2 Å². The zero-order valence-electron chi connectivity index (χ0n) is 12.0. The molecule has 5 nitrogen and oxygen atoms in total. The zero-order valence-corrected chi connectivity index (χ0v) is 13.6. The van der Waals surface area contributed by atoms with Crippen LogP contribution in [0.4, 0.5) is 5.69 Å². The monoisotopic (exact) mass is 343 g/mol. The van der Waals surface area contributed by atoms with Crippen molar-refractivity contribution in [2.45, 2.75) is 18.9 Å². The third kappa shape index (κ3) is 3.72. The smallest absolute Gasteiger partial charge is 0.227 e. The van der Waals surface area contributed by atoms with Crippen molar-refractivity contribution in [1.29, 1.82) is 0 Å². The Morgan fingerprint density at radius 1 is 1.32 bits per heavy atom. The van der Waals surface area contributed by atoms with Crippen molar-refractivity contribution < 1.29 is 9.59 Å². The highest BCUT2D eigenvalue weighted by molar-refractivity contribution is 6.30. The highest BCUT2D eigenvalue weighted by atomic mass is 35.5. The van der Waals surface area contributed by atoms with E-state index in [0.29, 0.717) is 11.6 Å². The molecule has 1 aromatic rings. The number of benzene rings is 1. The third-order valence-corrected chi connectivity index (χ3v) is 4.29. The van der Waals surface area contributed by atoms with E-state index in [1.807, 2.05) is 0 Å². The summed E-state index contributed by atoms with van der Waals surface area (Å²) in [5.41, 5.74) is 0.794. The van der Waals surface area contributed by atoms with Gasteiger partial charge in [-0.15, -0.1) is 12.4 Å². The Kier molecular flexibility index (Phi) is 5.67. The van der Waals surface area contributed by atoms with Gasteiger partial charge >= 0.3 is 0 Å². The second kappa shape index (κ2) is 7.31. The third-order valence-electron chi connectivity index (χ3n) is 4.04. The first kappa shape index (κ1) is 17.1. The molecule has 0 aromatic heterocycles. The summed E-state index contributed by atoms with van der Waals surface area (Å²) in [5, 5.41) is 6.87. The van der Waals surface area contributed by atoms with Crippen molar-refractivity contribution in [3.8, 4) is 0 Å². The van der Waals surface area contributed by atoms with Gasteiger partial charge < -0.3 is 15.5 Å². The van der Waals surface area contributed by atoms with Gasteiger partial charge in [-0.3, -0.25) is 9.59 Å². The maximum Gasteiger partial charge on any atom is 0.227 e. The van der Waals surface area contributed by atoms with Gasteiger partial charge in [-0.25, -0.2) is 0 Å². The van der Waals surface area contributed by atoms with Gasteiger partial charge in [0, 0.05) is 36.3 Å². The van der Waals surface area contributed by atoms with E-state index >= 15 is 0 Å². The lowest BCUT2D eigenvalue weighted by molar-refractivity contribution is -0.126. The number of amides is 2. The molecule has 7 heteroatoms. The molecule has 2 aliphatic heterocycles. The van der Waals surface area contributed by atoms with Crippen LogP contribution in [0.15, 0.2) is 24.3 Å². The van der Waals surface area contributed by atoms with Gasteiger partial charge in [-0.1, -0.05) is 11.6 Å². The Bertz CT molecular complexity index is 544. The number of hydrogen-bond acceptors (Lipinski definition) is 3. The Morgan fingerprint density at radius 3 is 2.68 bits per heavy atom. The number of carbonyl (C=O) groups excluding carboxylic acids is 2. The molecule has 2 unspecified atom stereocenters. The molecule has 0 radical (unpaired) electrons. The van der Waals surface area contributed by atoms with Crippen LogP contribution in [-0.2, 0) is 9.59 Å². The van der Waals surface area contributed by atoms with Crippen molar-refractivity contribution in [2.75, 3.05) is 24.5 Å². The number of anilines is 1. The van der Waals surface area contributed by atoms with Gasteiger partial charge in [-0.2, -0.15) is 0 Å². The fraction of sp³-hybridized carbons (Fsp3) is 0.467. The fourth-order valence-corrected chi connectivity index (χ4v) is 2.98. The summed E-state index contributed by atoms with van der Waals surface area (Å²) in [7, 11) is 0. The summed E-state index contributed by atoms with van der Waals surface area (Å²) in [6.45, 7) is 2.19. The molecule has 0 aliphatic carbocycles. The van der Waals surface area contributed by atoms with Crippen molar-refractivity contribution >= 4 is 41.5 Å². The maximum absolute atomic E-state index is 12.2. The van der Waals surface area contributed by atoms with E-state index in [-0.39, 0.29) is 42.6 Å². The molecular weight excluding hydrogens is 325 g/mol. The molecule has 2 amide bonds. The van der Waals surface area contributed by atoms with Crippen LogP contribution in [0.3, 0.4) is 0 Å². The number of hydrogen-bond donors (Lipinski definition) is 2. The molecule has 0 saturated carbocycles. The number of rotatable bonds is 3. The molecule has 2 N–H and O–H groups in total. The zero-order chi connectivity index (χ0) is 14.8. The Balaban J connectivity index is 0.00000176. The summed E-state index contributed by atoms with van der Waals surface area (Å²) in [4.78, 5) is 26.0. The first-order valence-corrected chi connectivity index (χ1v) is 7.58. The van der Waals surface area contributed by atoms with Crippen LogP contribution >= 0.6 is 24.0 Å². The van der Waals surface area contributed by atoms with Crippen LogP contribution < -0.4 is 15.5 Å². The number of nitrogens with one attached hydrogen (secondary N) is 2. The molecule has 2 saturated heterocycles. The van der Waals surface area contributed by atoms with Crippen LogP contribution in [0, 0.1) is 5.92 Å². The normalized spacial score (nSPS) is 24.2. The van der Waals surface area contributed by atoms with Crippen LogP contribution in [0.25, 0.3) is 0 Å². The molecule has 3 rings (SSSR count). The van der Waals surface area contributed by atoms with E-state index in [2.05, 4.69) is 10.6 Å². The Morgan fingerprint density at radius 2 is 2.05 bits per heavy atom. The molecule has 2 atom stereocenters. The van der Waals surface area contributed by atoms with Gasteiger partial charge in [0.05, 0.1) is 5.92 Å². The minimum Gasteiger partial charge on any atom is -0.352 e. The quantitative estimate of drug-likeness (QED) is 0.876. The van der Waals surface area contributed by atoms with Crippen LogP contribution in [0.2, 0.25) is 5.02 Å². The first-order chi connectivity index (χ1) is 10.1. The predicted molar refractivity (Wildman–Crippen MR) is 88.6 cm³/mol. The van der Waals surface area contributed by atoms with Crippen LogP contribution in [0.1, 0.15) is 12.8 Å². The van der Waals surface area contributed by atoms with E-state index in [1.165, 1.54) is 0 Å². The molecule has 120 valence electrons. The second-order valence-corrected chi connectivity index (χ2v) is 6.02. The van der Waals surface area contributed by atoms with Crippen molar-refractivity contribution in [2.24, 2.45) is 5.92 Å². The van der Waals surface area contributed by atoms with E-state index in [4.69, 9.17) is 11.6 Å². The molecule has 2 heterocycles. The summed E-state index contributed by atoms with van der Waals surface area (Å²) < 4.78 is 0. The first-order valence-electron chi connectivity index (χ1n) is 7.20. The topological polar surface area (TPSA) is 61.4 Å². The summed E-state index contributed by atoms with van der Waals surface area (Å²) in [5.74, 6) is -0.302. The minimum absolute atomic E-state index is 0. The average Bonchev–Trinajstić information content (AvgIpc) is 3.09. The number of nitrogens with zero attached hydrogens (tertiary/aromatic N) is 1. The van der Waals surface area contributed by atoms with Gasteiger partial charge in [0.1, 0.15) is 0 Å². The van der Waals surface area contributed by atoms with E-state index in [1.54, 1.807) is 29.2 Å². The minimum atomic E-state index is -0.270. The van der Waals surface area contributed by atoms with Gasteiger partial charge in [0.15, 0.2) is 0 Å². The highest BCUT2D eigenvalue weighted by Crippen LogP contribution is 2.26. The largest absolute Gasteiger partial charge is 0.352 e. The van der Waals surface area contributed by atoms with Gasteiger partial charge in [0.25, 0.3) is 0 Å². The lowest BCUT2D eigenvalue weighted by atomic mass is 10.1. The standard InChI is InChI=1S/C15H18ClN3O2.ClH/c16-11-1-3-13(4-2-11)19-9-10(7-14(19)20)15(21)18-12-5-6-17-8-12;/h1-4,10,12,17H,5-9H2,(H,18,21);1H. The van der Waals surface area contributed by atoms with Crippen molar-refractivity contribution in [3.63, 3.8) is 0 Å². The van der Waals surface area contributed by atoms with Crippen LogP contribution in [0.5, 0.6) is 0 Å². The fourth-order valence-electron chi connectivity index (χ4n) is 2.85. The molecule has 22 heavy (non-hydrogen) atoms. The van der Waals surface area contributed by atoms with E-state index < -0.39 is 0 Å². The number of carbonyl (C=O) groups is 2. The summed E-state index contributed by atoms with van der Waals surface area (Å²) in [6, 6.07) is 7.31. The van der Waals surface area contributed by atoms with Crippen molar-refractivity contribution in [3.05, 3.63) is 29.3 Å². The molecular formula is C15H19Cl2N3O2. The SMILES string of the molecule is Cl.O=C(NC1CCNC1)C1CC(=O)N(c2ccc(Cl)cc2)C1. The predicted octanol–water partition coefficient (Wildman–Crippen LogP) is 1.59. The highest BCUT2D eigenvalue weighted by Gasteiger charge is 2.35. The molecule has 0 spiro atoms. The average molecular weight is 344 g/mol. The lowest BCUT2D eigenvalue weighted by Crippen LogP contribution is -2.40. The maximum atomic E-state index is 12.2. The van der Waals surface area contributed by atoms with Gasteiger partial charge in [-0.05, 0) is 37.2 Å². The Labute approximate surface area is 140 Å². The number of halogens is 2. The van der Waals surface area contributed by atoms with E-state index in [9.17, 15) is 9.59 Å². The summed E-state index contributed by atoms with van der Waals surface area (Å²) in [6.07, 6.45) is 1.22.